The maximum Gasteiger partial charge on any atom is 0.258 e. The van der Waals surface area contributed by atoms with Crippen LogP contribution in [0.25, 0.3) is 11.0 Å². The number of amidine groups is 1. The molecular weight excluding hydrogens is 424 g/mol. The molecule has 1 amide bonds. The van der Waals surface area contributed by atoms with Crippen molar-refractivity contribution in [3.05, 3.63) is 95.3 Å². The Morgan fingerprint density at radius 2 is 1.65 bits per heavy atom. The number of rotatable bonds is 8. The van der Waals surface area contributed by atoms with Gasteiger partial charge in [0.25, 0.3) is 5.91 Å². The second-order valence-electron chi connectivity index (χ2n) is 8.67. The molecule has 174 valence electrons. The lowest BCUT2D eigenvalue weighted by Crippen LogP contribution is -2.36. The van der Waals surface area contributed by atoms with Gasteiger partial charge in [0.2, 0.25) is 0 Å². The highest BCUT2D eigenvalue weighted by atomic mass is 16.2. The number of hydrogen-bond donors (Lipinski definition) is 2. The number of carbonyl (C=O) groups excluding carboxylic acids is 1. The number of likely N-dealkylation sites (N-methyl/N-ethyl adjacent to an activating group) is 1. The largest absolute Gasteiger partial charge is 0.384 e. The number of nitrogens with zero attached hydrogens (tertiary/aromatic N) is 4. The number of nitrogen functional groups attached to an aromatic ring is 1. The third kappa shape index (κ3) is 5.00. The normalized spacial score (nSPS) is 11.2. The van der Waals surface area contributed by atoms with Gasteiger partial charge < -0.3 is 20.1 Å². The van der Waals surface area contributed by atoms with Crippen molar-refractivity contribution in [2.75, 3.05) is 32.1 Å². The molecule has 0 aliphatic heterocycles. The fourth-order valence-electron chi connectivity index (χ4n) is 3.94. The van der Waals surface area contributed by atoms with E-state index in [1.54, 1.807) is 0 Å². The third-order valence-corrected chi connectivity index (χ3v) is 5.93. The molecule has 0 saturated heterocycles. The van der Waals surface area contributed by atoms with Crippen LogP contribution in [0.4, 0.5) is 5.69 Å². The summed E-state index contributed by atoms with van der Waals surface area (Å²) in [5.41, 5.74) is 10.6. The van der Waals surface area contributed by atoms with E-state index in [0.29, 0.717) is 24.1 Å². The first-order chi connectivity index (χ1) is 16.3. The van der Waals surface area contributed by atoms with Gasteiger partial charge in [0.15, 0.2) is 0 Å². The van der Waals surface area contributed by atoms with Crippen molar-refractivity contribution in [3.8, 4) is 0 Å². The minimum atomic E-state index is -0.0398. The van der Waals surface area contributed by atoms with E-state index in [4.69, 9.17) is 16.1 Å². The number of hydrogen-bond acceptors (Lipinski definition) is 4. The molecule has 0 radical (unpaired) electrons. The Morgan fingerprint density at radius 3 is 2.29 bits per heavy atom. The lowest BCUT2D eigenvalue weighted by Gasteiger charge is -2.24. The molecule has 0 aliphatic carbocycles. The standard InChI is InChI=1S/C27H30N6O/c1-31(2)15-16-33(22-7-5-4-6-8-22)27(34)21-13-14-24-23(18-21)30-25(32(24)3)17-19-9-11-20(12-10-19)26(28)29/h4-14,18H,15-17H2,1-3H3,(H3,28,29). The minimum Gasteiger partial charge on any atom is -0.384 e. The molecule has 7 heteroatoms. The number of nitrogens with one attached hydrogen (secondary N) is 1. The maximum atomic E-state index is 13.5. The van der Waals surface area contributed by atoms with Crippen LogP contribution in [-0.4, -0.2) is 53.4 Å². The maximum absolute atomic E-state index is 13.5. The molecule has 0 atom stereocenters. The van der Waals surface area contributed by atoms with Gasteiger partial charge in [-0.3, -0.25) is 10.2 Å². The molecule has 0 spiro atoms. The number of fused-ring (bicyclic) bond motifs is 1. The average Bonchev–Trinajstić information content (AvgIpc) is 3.14. The van der Waals surface area contributed by atoms with E-state index >= 15 is 0 Å². The Kier molecular flexibility index (Phi) is 6.75. The van der Waals surface area contributed by atoms with Gasteiger partial charge in [0.1, 0.15) is 11.7 Å². The number of amides is 1. The predicted molar refractivity (Wildman–Crippen MR) is 138 cm³/mol. The highest BCUT2D eigenvalue weighted by Crippen LogP contribution is 2.22. The topological polar surface area (TPSA) is 91.2 Å². The SMILES string of the molecule is CN(C)CCN(C(=O)c1ccc2c(c1)nc(Cc1ccc(C(=N)N)cc1)n2C)c1ccccc1. The molecule has 0 aliphatic rings. The van der Waals surface area contributed by atoms with Crippen LogP contribution in [0.1, 0.15) is 27.3 Å². The van der Waals surface area contributed by atoms with E-state index in [-0.39, 0.29) is 11.7 Å². The Labute approximate surface area is 199 Å². The molecule has 4 rings (SSSR count). The number of aryl methyl sites for hydroxylation is 1. The van der Waals surface area contributed by atoms with Gasteiger partial charge in [-0.25, -0.2) is 4.98 Å². The summed E-state index contributed by atoms with van der Waals surface area (Å²) in [5, 5.41) is 7.55. The second kappa shape index (κ2) is 9.89. The fourth-order valence-corrected chi connectivity index (χ4v) is 3.94. The summed E-state index contributed by atoms with van der Waals surface area (Å²) in [6.07, 6.45) is 0.644. The van der Waals surface area contributed by atoms with Crippen LogP contribution in [0.5, 0.6) is 0 Å². The Hall–Kier alpha value is -3.97. The number of para-hydroxylation sites is 1. The number of imidazole rings is 1. The predicted octanol–water partition coefficient (Wildman–Crippen LogP) is 3.66. The van der Waals surface area contributed by atoms with Crippen molar-refractivity contribution in [2.45, 2.75) is 6.42 Å². The van der Waals surface area contributed by atoms with Crippen molar-refractivity contribution in [1.82, 2.24) is 14.5 Å². The molecule has 1 heterocycles. The van der Waals surface area contributed by atoms with Crippen LogP contribution in [0, 0.1) is 5.41 Å². The lowest BCUT2D eigenvalue weighted by molar-refractivity contribution is 0.0985. The van der Waals surface area contributed by atoms with Gasteiger partial charge >= 0.3 is 0 Å². The molecule has 0 fully saturated rings. The van der Waals surface area contributed by atoms with Crippen molar-refractivity contribution >= 4 is 28.5 Å². The van der Waals surface area contributed by atoms with Crippen molar-refractivity contribution < 1.29 is 4.79 Å². The minimum absolute atomic E-state index is 0.0398. The zero-order chi connectivity index (χ0) is 24.2. The summed E-state index contributed by atoms with van der Waals surface area (Å²) in [5.74, 6) is 0.922. The van der Waals surface area contributed by atoms with Crippen molar-refractivity contribution in [3.63, 3.8) is 0 Å². The van der Waals surface area contributed by atoms with Gasteiger partial charge in [-0.15, -0.1) is 0 Å². The molecule has 3 aromatic carbocycles. The fraction of sp³-hybridized carbons (Fsp3) is 0.222. The van der Waals surface area contributed by atoms with E-state index in [1.807, 2.05) is 98.8 Å². The molecule has 34 heavy (non-hydrogen) atoms. The summed E-state index contributed by atoms with van der Waals surface area (Å²) in [6.45, 7) is 1.36. The van der Waals surface area contributed by atoms with E-state index < -0.39 is 0 Å². The van der Waals surface area contributed by atoms with Crippen LogP contribution < -0.4 is 10.6 Å². The Balaban J connectivity index is 1.62. The van der Waals surface area contributed by atoms with E-state index in [1.165, 1.54) is 0 Å². The number of benzene rings is 3. The molecule has 4 aromatic rings. The third-order valence-electron chi connectivity index (χ3n) is 5.93. The summed E-state index contributed by atoms with van der Waals surface area (Å²) >= 11 is 0. The van der Waals surface area contributed by atoms with Gasteiger partial charge in [0, 0.05) is 43.4 Å². The molecule has 0 bridgehead atoms. The summed E-state index contributed by atoms with van der Waals surface area (Å²) in [6, 6.07) is 23.1. The Bertz CT molecular complexity index is 1310. The molecular formula is C27H30N6O. The van der Waals surface area contributed by atoms with Gasteiger partial charge in [-0.1, -0.05) is 42.5 Å². The lowest BCUT2D eigenvalue weighted by atomic mass is 10.1. The second-order valence-corrected chi connectivity index (χ2v) is 8.67. The molecule has 3 N–H and O–H groups in total. The first kappa shape index (κ1) is 23.2. The smallest absolute Gasteiger partial charge is 0.258 e. The average molecular weight is 455 g/mol. The highest BCUT2D eigenvalue weighted by Gasteiger charge is 2.19. The van der Waals surface area contributed by atoms with Gasteiger partial charge in [-0.2, -0.15) is 0 Å². The number of anilines is 1. The highest BCUT2D eigenvalue weighted by molar-refractivity contribution is 6.07. The quantitative estimate of drug-likeness (QED) is 0.314. The molecule has 0 unspecified atom stereocenters. The summed E-state index contributed by atoms with van der Waals surface area (Å²) in [4.78, 5) is 22.2. The molecule has 7 nitrogen and oxygen atoms in total. The first-order valence-electron chi connectivity index (χ1n) is 11.2. The monoisotopic (exact) mass is 454 g/mol. The zero-order valence-corrected chi connectivity index (χ0v) is 19.8. The van der Waals surface area contributed by atoms with Crippen molar-refractivity contribution in [1.29, 1.82) is 5.41 Å². The summed E-state index contributed by atoms with van der Waals surface area (Å²) in [7, 11) is 6.00. The number of nitrogens with two attached hydrogens (primary N) is 1. The van der Waals surface area contributed by atoms with Gasteiger partial charge in [0.05, 0.1) is 11.0 Å². The number of carbonyl (C=O) groups is 1. The van der Waals surface area contributed by atoms with E-state index in [9.17, 15) is 4.79 Å². The van der Waals surface area contributed by atoms with Crippen LogP contribution in [-0.2, 0) is 13.5 Å². The zero-order valence-electron chi connectivity index (χ0n) is 19.8. The summed E-state index contributed by atoms with van der Waals surface area (Å²) < 4.78 is 2.06. The molecule has 1 aromatic heterocycles. The van der Waals surface area contributed by atoms with Crippen LogP contribution in [0.15, 0.2) is 72.8 Å². The van der Waals surface area contributed by atoms with E-state index in [0.717, 1.165) is 34.7 Å². The van der Waals surface area contributed by atoms with Gasteiger partial charge in [-0.05, 0) is 50.0 Å². The Morgan fingerprint density at radius 1 is 0.971 bits per heavy atom. The van der Waals surface area contributed by atoms with E-state index in [2.05, 4.69) is 9.47 Å². The number of aromatic nitrogens is 2. The molecule has 0 saturated carbocycles. The van der Waals surface area contributed by atoms with Crippen molar-refractivity contribution in [2.24, 2.45) is 12.8 Å². The first-order valence-corrected chi connectivity index (χ1v) is 11.2. The van der Waals surface area contributed by atoms with Crippen LogP contribution in [0.3, 0.4) is 0 Å². The van der Waals surface area contributed by atoms with Crippen LogP contribution >= 0.6 is 0 Å². The van der Waals surface area contributed by atoms with Crippen LogP contribution in [0.2, 0.25) is 0 Å².